The normalized spacial score (nSPS) is 11.1. The van der Waals surface area contributed by atoms with Crippen molar-refractivity contribution in [1.82, 2.24) is 34.3 Å². The predicted molar refractivity (Wildman–Crippen MR) is 110 cm³/mol. The molecule has 30 heavy (non-hydrogen) atoms. The van der Waals surface area contributed by atoms with Crippen molar-refractivity contribution >= 4 is 17.3 Å². The second-order valence-corrected chi connectivity index (χ2v) is 6.86. The summed E-state index contributed by atoms with van der Waals surface area (Å²) >= 11 is 0. The Morgan fingerprint density at radius 1 is 1.10 bits per heavy atom. The number of hydrogen-bond acceptors (Lipinski definition) is 6. The number of nitrogens with one attached hydrogen (secondary N) is 1. The van der Waals surface area contributed by atoms with Crippen molar-refractivity contribution in [2.45, 2.75) is 6.42 Å². The van der Waals surface area contributed by atoms with E-state index in [0.717, 1.165) is 28.3 Å². The van der Waals surface area contributed by atoms with E-state index in [1.54, 1.807) is 23.1 Å². The highest BCUT2D eigenvalue weighted by molar-refractivity contribution is 5.65. The largest absolute Gasteiger partial charge is 0.321 e. The minimum atomic E-state index is -0.261. The van der Waals surface area contributed by atoms with E-state index in [0.29, 0.717) is 18.0 Å². The lowest BCUT2D eigenvalue weighted by Gasteiger charge is -2.06. The van der Waals surface area contributed by atoms with Gasteiger partial charge in [-0.15, -0.1) is 10.2 Å². The van der Waals surface area contributed by atoms with Gasteiger partial charge in [0.05, 0.1) is 17.6 Å². The molecule has 8 nitrogen and oxygen atoms in total. The van der Waals surface area contributed by atoms with Gasteiger partial charge in [-0.2, -0.15) is 5.10 Å². The van der Waals surface area contributed by atoms with Crippen molar-refractivity contribution in [3.05, 3.63) is 84.5 Å². The van der Waals surface area contributed by atoms with Gasteiger partial charge in [-0.25, -0.2) is 14.4 Å². The standard InChI is InChI=1S/C21H17FN8/c1-29-13-17(12-24-29)25-21-23-7-5-18(26-21)15-6-8-30-19(27-28-20(30)11-15)10-14-3-2-4-16(22)9-14/h2-9,11-13H,10H2,1H3,(H,23,25,26). The van der Waals surface area contributed by atoms with E-state index in [9.17, 15) is 4.39 Å². The molecule has 0 fully saturated rings. The summed E-state index contributed by atoms with van der Waals surface area (Å²) in [5, 5.41) is 15.8. The molecule has 0 atom stereocenters. The Kier molecular flexibility index (Phi) is 4.40. The SMILES string of the molecule is Cn1cc(Nc2nccc(-c3ccn4c(Cc5cccc(F)c5)nnc4c3)n2)cn1. The van der Waals surface area contributed by atoms with E-state index in [4.69, 9.17) is 0 Å². The molecule has 4 heterocycles. The van der Waals surface area contributed by atoms with Gasteiger partial charge in [-0.05, 0) is 35.9 Å². The number of aryl methyl sites for hydroxylation is 1. The van der Waals surface area contributed by atoms with Crippen LogP contribution in [0.25, 0.3) is 16.9 Å². The molecular weight excluding hydrogens is 383 g/mol. The number of fused-ring (bicyclic) bond motifs is 1. The minimum absolute atomic E-state index is 0.261. The fourth-order valence-corrected chi connectivity index (χ4v) is 3.24. The Morgan fingerprint density at radius 2 is 2.03 bits per heavy atom. The molecule has 1 N–H and O–H groups in total. The van der Waals surface area contributed by atoms with Crippen LogP contribution in [-0.2, 0) is 13.5 Å². The van der Waals surface area contributed by atoms with E-state index in [-0.39, 0.29) is 5.82 Å². The summed E-state index contributed by atoms with van der Waals surface area (Å²) in [5.74, 6) is 0.959. The Labute approximate surface area is 171 Å². The number of rotatable bonds is 5. The third-order valence-corrected chi connectivity index (χ3v) is 4.64. The second kappa shape index (κ2) is 7.36. The summed E-state index contributed by atoms with van der Waals surface area (Å²) in [6.45, 7) is 0. The van der Waals surface area contributed by atoms with Crippen molar-refractivity contribution in [2.24, 2.45) is 7.05 Å². The molecule has 0 saturated carbocycles. The van der Waals surface area contributed by atoms with Gasteiger partial charge >= 0.3 is 0 Å². The van der Waals surface area contributed by atoms with Crippen molar-refractivity contribution in [3.63, 3.8) is 0 Å². The highest BCUT2D eigenvalue weighted by Gasteiger charge is 2.10. The molecule has 0 aliphatic rings. The first-order valence-corrected chi connectivity index (χ1v) is 9.31. The lowest BCUT2D eigenvalue weighted by molar-refractivity contribution is 0.625. The third-order valence-electron chi connectivity index (χ3n) is 4.64. The van der Waals surface area contributed by atoms with Crippen LogP contribution < -0.4 is 5.32 Å². The molecule has 0 radical (unpaired) electrons. The van der Waals surface area contributed by atoms with E-state index < -0.39 is 0 Å². The molecule has 0 saturated heterocycles. The number of halogens is 1. The molecule has 1 aromatic carbocycles. The summed E-state index contributed by atoms with van der Waals surface area (Å²) in [5.41, 5.74) is 4.00. The number of pyridine rings is 1. The Bertz CT molecular complexity index is 1340. The fraction of sp³-hybridized carbons (Fsp3) is 0.0952. The maximum atomic E-state index is 13.5. The van der Waals surface area contributed by atoms with Crippen LogP contribution in [0.1, 0.15) is 11.4 Å². The molecule has 0 spiro atoms. The number of hydrogen-bond donors (Lipinski definition) is 1. The van der Waals surface area contributed by atoms with Crippen LogP contribution >= 0.6 is 0 Å². The zero-order valence-corrected chi connectivity index (χ0v) is 16.1. The number of anilines is 2. The van der Waals surface area contributed by atoms with Gasteiger partial charge in [0, 0.05) is 37.6 Å². The smallest absolute Gasteiger partial charge is 0.227 e. The molecule has 148 valence electrons. The van der Waals surface area contributed by atoms with Gasteiger partial charge in [0.2, 0.25) is 5.95 Å². The van der Waals surface area contributed by atoms with Gasteiger partial charge in [0.15, 0.2) is 5.65 Å². The first-order valence-electron chi connectivity index (χ1n) is 9.31. The topological polar surface area (TPSA) is 85.8 Å². The third kappa shape index (κ3) is 3.60. The van der Waals surface area contributed by atoms with Crippen molar-refractivity contribution in [2.75, 3.05) is 5.32 Å². The lowest BCUT2D eigenvalue weighted by atomic mass is 10.1. The fourth-order valence-electron chi connectivity index (χ4n) is 3.24. The Balaban J connectivity index is 1.42. The van der Waals surface area contributed by atoms with E-state index in [1.807, 2.05) is 48.1 Å². The molecule has 4 aromatic heterocycles. The highest BCUT2D eigenvalue weighted by Crippen LogP contribution is 2.21. The van der Waals surface area contributed by atoms with Crippen molar-refractivity contribution in [1.29, 1.82) is 0 Å². The number of benzene rings is 1. The first-order chi connectivity index (χ1) is 14.6. The monoisotopic (exact) mass is 400 g/mol. The Morgan fingerprint density at radius 3 is 2.87 bits per heavy atom. The molecule has 5 aromatic rings. The van der Waals surface area contributed by atoms with E-state index in [2.05, 4.69) is 30.6 Å². The summed E-state index contributed by atoms with van der Waals surface area (Å²) in [6.07, 6.45) is 7.64. The lowest BCUT2D eigenvalue weighted by Crippen LogP contribution is -1.99. The maximum absolute atomic E-state index is 13.5. The molecule has 0 aliphatic heterocycles. The minimum Gasteiger partial charge on any atom is -0.321 e. The Hall–Kier alpha value is -4.14. The van der Waals surface area contributed by atoms with Crippen LogP contribution in [0.2, 0.25) is 0 Å². The average Bonchev–Trinajstić information content (AvgIpc) is 3.34. The van der Waals surface area contributed by atoms with E-state index >= 15 is 0 Å². The van der Waals surface area contributed by atoms with Gasteiger partial charge in [-0.3, -0.25) is 9.08 Å². The van der Waals surface area contributed by atoms with Crippen molar-refractivity contribution in [3.8, 4) is 11.3 Å². The van der Waals surface area contributed by atoms with Gasteiger partial charge < -0.3 is 5.32 Å². The summed E-state index contributed by atoms with van der Waals surface area (Å²) in [6, 6.07) is 12.2. The summed E-state index contributed by atoms with van der Waals surface area (Å²) in [4.78, 5) is 8.85. The molecule has 5 rings (SSSR count). The molecule has 0 aliphatic carbocycles. The van der Waals surface area contributed by atoms with Crippen LogP contribution in [-0.4, -0.2) is 34.3 Å². The number of aromatic nitrogens is 7. The van der Waals surface area contributed by atoms with Gasteiger partial charge in [0.1, 0.15) is 11.6 Å². The van der Waals surface area contributed by atoms with Crippen molar-refractivity contribution < 1.29 is 4.39 Å². The maximum Gasteiger partial charge on any atom is 0.227 e. The van der Waals surface area contributed by atoms with Crippen LogP contribution in [0, 0.1) is 5.82 Å². The van der Waals surface area contributed by atoms with Crippen LogP contribution in [0.5, 0.6) is 0 Å². The molecular formula is C21H17FN8. The van der Waals surface area contributed by atoms with Gasteiger partial charge in [-0.1, -0.05) is 12.1 Å². The zero-order valence-electron chi connectivity index (χ0n) is 16.1. The number of nitrogens with zero attached hydrogens (tertiary/aromatic N) is 7. The quantitative estimate of drug-likeness (QED) is 0.487. The van der Waals surface area contributed by atoms with Crippen LogP contribution in [0.3, 0.4) is 0 Å². The average molecular weight is 400 g/mol. The molecule has 0 amide bonds. The second-order valence-electron chi connectivity index (χ2n) is 6.86. The zero-order chi connectivity index (χ0) is 20.5. The molecule has 0 unspecified atom stereocenters. The predicted octanol–water partition coefficient (Wildman–Crippen LogP) is 3.39. The molecule has 9 heteroatoms. The molecule has 0 bridgehead atoms. The summed E-state index contributed by atoms with van der Waals surface area (Å²) < 4.78 is 17.1. The van der Waals surface area contributed by atoms with Gasteiger partial charge in [0.25, 0.3) is 0 Å². The van der Waals surface area contributed by atoms with Crippen LogP contribution in [0.15, 0.2) is 67.3 Å². The first kappa shape index (κ1) is 17.9. The van der Waals surface area contributed by atoms with Crippen LogP contribution in [0.4, 0.5) is 16.0 Å². The summed E-state index contributed by atoms with van der Waals surface area (Å²) in [7, 11) is 1.85. The highest BCUT2D eigenvalue weighted by atomic mass is 19.1. The van der Waals surface area contributed by atoms with E-state index in [1.165, 1.54) is 12.1 Å².